The predicted molar refractivity (Wildman–Crippen MR) is 73.3 cm³/mol. The van der Waals surface area contributed by atoms with Crippen LogP contribution >= 0.6 is 0 Å². The number of nitrogens with one attached hydrogen (secondary N) is 1. The molecule has 0 aromatic heterocycles. The minimum atomic E-state index is 0.561. The van der Waals surface area contributed by atoms with E-state index in [0.29, 0.717) is 12.6 Å². The first kappa shape index (κ1) is 13.8. The van der Waals surface area contributed by atoms with Crippen LogP contribution in [0.25, 0.3) is 0 Å². The summed E-state index contributed by atoms with van der Waals surface area (Å²) in [5.41, 5.74) is 1.29. The molecule has 1 rings (SSSR count). The van der Waals surface area contributed by atoms with Crippen LogP contribution in [0, 0.1) is 0 Å². The van der Waals surface area contributed by atoms with Gasteiger partial charge in [0, 0.05) is 12.6 Å². The third-order valence-corrected chi connectivity index (χ3v) is 2.87. The highest BCUT2D eigenvalue weighted by Crippen LogP contribution is 2.12. The van der Waals surface area contributed by atoms with Gasteiger partial charge in [0.25, 0.3) is 0 Å². The van der Waals surface area contributed by atoms with E-state index in [-0.39, 0.29) is 0 Å². The van der Waals surface area contributed by atoms with Crippen LogP contribution < -0.4 is 10.1 Å². The van der Waals surface area contributed by atoms with Gasteiger partial charge in [-0.25, -0.2) is 0 Å². The average molecular weight is 233 g/mol. The lowest BCUT2D eigenvalue weighted by Gasteiger charge is -2.14. The quantitative estimate of drug-likeness (QED) is 0.694. The number of ether oxygens (including phenoxy) is 1. The number of benzene rings is 1. The van der Waals surface area contributed by atoms with E-state index in [1.54, 1.807) is 6.08 Å². The molecule has 0 radical (unpaired) electrons. The van der Waals surface area contributed by atoms with Crippen molar-refractivity contribution in [3.8, 4) is 5.75 Å². The first-order chi connectivity index (χ1) is 8.30. The van der Waals surface area contributed by atoms with Crippen molar-refractivity contribution >= 4 is 0 Å². The van der Waals surface area contributed by atoms with Crippen molar-refractivity contribution in [3.05, 3.63) is 42.5 Å². The van der Waals surface area contributed by atoms with Crippen molar-refractivity contribution < 1.29 is 4.74 Å². The van der Waals surface area contributed by atoms with E-state index in [0.717, 1.165) is 12.3 Å². The van der Waals surface area contributed by atoms with Crippen LogP contribution in [0.4, 0.5) is 0 Å². The summed E-state index contributed by atoms with van der Waals surface area (Å²) < 4.78 is 5.44. The van der Waals surface area contributed by atoms with Gasteiger partial charge in [-0.15, -0.1) is 0 Å². The Morgan fingerprint density at radius 3 is 2.41 bits per heavy atom. The molecular formula is C15H23NO. The van der Waals surface area contributed by atoms with Crippen LogP contribution in [0.1, 0.15) is 32.3 Å². The average Bonchev–Trinajstić information content (AvgIpc) is 2.39. The maximum absolute atomic E-state index is 5.44. The molecule has 0 unspecified atom stereocenters. The second-order valence-corrected chi connectivity index (χ2v) is 4.14. The lowest BCUT2D eigenvalue weighted by Crippen LogP contribution is -2.26. The number of hydrogen-bond acceptors (Lipinski definition) is 2. The third kappa shape index (κ3) is 5.05. The van der Waals surface area contributed by atoms with Crippen LogP contribution in [-0.2, 0) is 6.54 Å². The molecule has 0 aliphatic heterocycles. The third-order valence-electron chi connectivity index (χ3n) is 2.87. The van der Waals surface area contributed by atoms with Gasteiger partial charge < -0.3 is 10.1 Å². The minimum absolute atomic E-state index is 0.561. The summed E-state index contributed by atoms with van der Waals surface area (Å²) >= 11 is 0. The Kier molecular flexibility index (Phi) is 6.41. The molecule has 0 aliphatic carbocycles. The van der Waals surface area contributed by atoms with Crippen molar-refractivity contribution in [3.63, 3.8) is 0 Å². The molecule has 1 aromatic rings. The van der Waals surface area contributed by atoms with Crippen LogP contribution in [-0.4, -0.2) is 12.6 Å². The Balaban J connectivity index is 2.42. The van der Waals surface area contributed by atoms with Crippen LogP contribution in [0.3, 0.4) is 0 Å². The molecule has 0 amide bonds. The zero-order chi connectivity index (χ0) is 12.5. The molecule has 0 spiro atoms. The van der Waals surface area contributed by atoms with Gasteiger partial charge in [0.05, 0.1) is 0 Å². The van der Waals surface area contributed by atoms with E-state index in [2.05, 4.69) is 37.9 Å². The Hall–Kier alpha value is -1.28. The maximum Gasteiger partial charge on any atom is 0.119 e. The molecule has 2 heteroatoms. The Bertz CT molecular complexity index is 314. The largest absolute Gasteiger partial charge is 0.490 e. The molecule has 2 nitrogen and oxygen atoms in total. The van der Waals surface area contributed by atoms with E-state index in [4.69, 9.17) is 4.74 Å². The summed E-state index contributed by atoms with van der Waals surface area (Å²) in [6, 6.07) is 8.84. The van der Waals surface area contributed by atoms with Gasteiger partial charge in [0.2, 0.25) is 0 Å². The second-order valence-electron chi connectivity index (χ2n) is 4.14. The van der Waals surface area contributed by atoms with Gasteiger partial charge in [-0.05, 0) is 30.5 Å². The molecule has 0 aliphatic rings. The van der Waals surface area contributed by atoms with E-state index in [1.165, 1.54) is 18.4 Å². The molecule has 17 heavy (non-hydrogen) atoms. The first-order valence-electron chi connectivity index (χ1n) is 6.36. The molecule has 1 N–H and O–H groups in total. The Morgan fingerprint density at radius 2 is 1.88 bits per heavy atom. The van der Waals surface area contributed by atoms with Gasteiger partial charge in [-0.1, -0.05) is 38.6 Å². The normalized spacial score (nSPS) is 10.5. The molecule has 0 fully saturated rings. The molecule has 0 bridgehead atoms. The fourth-order valence-corrected chi connectivity index (χ4v) is 1.70. The van der Waals surface area contributed by atoms with Gasteiger partial charge in [-0.2, -0.15) is 0 Å². The SMILES string of the molecule is C=CCOc1ccc(CNC(CC)CC)cc1. The molecule has 94 valence electrons. The van der Waals surface area contributed by atoms with Crippen LogP contribution in [0.2, 0.25) is 0 Å². The van der Waals surface area contributed by atoms with E-state index >= 15 is 0 Å². The molecule has 0 saturated carbocycles. The standard InChI is InChI=1S/C15H23NO/c1-4-11-17-15-9-7-13(8-10-15)12-16-14(5-2)6-3/h4,7-10,14,16H,1,5-6,11-12H2,2-3H3. The van der Waals surface area contributed by atoms with Gasteiger partial charge in [0.1, 0.15) is 12.4 Å². The highest BCUT2D eigenvalue weighted by molar-refractivity contribution is 5.27. The highest BCUT2D eigenvalue weighted by atomic mass is 16.5. The number of rotatable bonds is 8. The summed E-state index contributed by atoms with van der Waals surface area (Å²) in [6.07, 6.45) is 4.11. The summed E-state index contributed by atoms with van der Waals surface area (Å²) in [5, 5.41) is 3.54. The number of hydrogen-bond donors (Lipinski definition) is 1. The van der Waals surface area contributed by atoms with Crippen molar-refractivity contribution in [1.29, 1.82) is 0 Å². The van der Waals surface area contributed by atoms with Gasteiger partial charge in [0.15, 0.2) is 0 Å². The summed E-state index contributed by atoms with van der Waals surface area (Å²) in [4.78, 5) is 0. The summed E-state index contributed by atoms with van der Waals surface area (Å²) in [7, 11) is 0. The topological polar surface area (TPSA) is 21.3 Å². The predicted octanol–water partition coefficient (Wildman–Crippen LogP) is 3.53. The fraction of sp³-hybridized carbons (Fsp3) is 0.467. The van der Waals surface area contributed by atoms with Crippen molar-refractivity contribution in [2.75, 3.05) is 6.61 Å². The smallest absolute Gasteiger partial charge is 0.119 e. The summed E-state index contributed by atoms with van der Waals surface area (Å²) in [6.45, 7) is 9.54. The van der Waals surface area contributed by atoms with Gasteiger partial charge >= 0.3 is 0 Å². The van der Waals surface area contributed by atoms with E-state index in [9.17, 15) is 0 Å². The zero-order valence-corrected chi connectivity index (χ0v) is 10.9. The van der Waals surface area contributed by atoms with Gasteiger partial charge in [-0.3, -0.25) is 0 Å². The molecule has 0 saturated heterocycles. The fourth-order valence-electron chi connectivity index (χ4n) is 1.70. The zero-order valence-electron chi connectivity index (χ0n) is 10.9. The van der Waals surface area contributed by atoms with Crippen LogP contribution in [0.5, 0.6) is 5.75 Å². The van der Waals surface area contributed by atoms with Crippen molar-refractivity contribution in [2.45, 2.75) is 39.3 Å². The summed E-state index contributed by atoms with van der Waals surface area (Å²) in [5.74, 6) is 0.899. The first-order valence-corrected chi connectivity index (χ1v) is 6.36. The minimum Gasteiger partial charge on any atom is -0.490 e. The van der Waals surface area contributed by atoms with Crippen molar-refractivity contribution in [1.82, 2.24) is 5.32 Å². The van der Waals surface area contributed by atoms with E-state index < -0.39 is 0 Å². The van der Waals surface area contributed by atoms with Crippen molar-refractivity contribution in [2.24, 2.45) is 0 Å². The molecular weight excluding hydrogens is 210 g/mol. The molecule has 1 aromatic carbocycles. The van der Waals surface area contributed by atoms with Crippen LogP contribution in [0.15, 0.2) is 36.9 Å². The Labute approximate surface area is 105 Å². The second kappa shape index (κ2) is 7.91. The lowest BCUT2D eigenvalue weighted by molar-refractivity contribution is 0.363. The molecule has 0 atom stereocenters. The van der Waals surface area contributed by atoms with E-state index in [1.807, 2.05) is 12.1 Å². The Morgan fingerprint density at radius 1 is 1.24 bits per heavy atom. The molecule has 0 heterocycles. The monoisotopic (exact) mass is 233 g/mol. The highest BCUT2D eigenvalue weighted by Gasteiger charge is 2.02. The maximum atomic E-state index is 5.44. The lowest BCUT2D eigenvalue weighted by atomic mass is 10.1.